The number of amides is 1. The van der Waals surface area contributed by atoms with E-state index in [1.807, 2.05) is 0 Å². The summed E-state index contributed by atoms with van der Waals surface area (Å²) in [5, 5.41) is 13.8. The van der Waals surface area contributed by atoms with Crippen LogP contribution in [0.15, 0.2) is 46.0 Å². The molecule has 7 heteroatoms. The van der Waals surface area contributed by atoms with Crippen molar-refractivity contribution in [2.75, 3.05) is 14.2 Å². The summed E-state index contributed by atoms with van der Waals surface area (Å²) >= 11 is 3.32. The number of hydrogen-bond donors (Lipinski definition) is 2. The molecule has 0 saturated carbocycles. The highest BCUT2D eigenvalue weighted by atomic mass is 79.9. The first kappa shape index (κ1) is 16.8. The number of carbonyl (C=O) groups excluding carboxylic acids is 1. The zero-order valence-corrected chi connectivity index (χ0v) is 14.1. The zero-order chi connectivity index (χ0) is 16.8. The first-order valence-electron chi connectivity index (χ1n) is 6.59. The predicted molar refractivity (Wildman–Crippen MR) is 90.4 cm³/mol. The van der Waals surface area contributed by atoms with Crippen molar-refractivity contribution in [3.8, 4) is 17.2 Å². The van der Waals surface area contributed by atoms with Gasteiger partial charge in [-0.2, -0.15) is 5.10 Å². The number of methoxy groups -OCH3 is 2. The van der Waals surface area contributed by atoms with Crippen molar-refractivity contribution in [3.63, 3.8) is 0 Å². The van der Waals surface area contributed by atoms with Gasteiger partial charge in [0.05, 0.1) is 24.9 Å². The Morgan fingerprint density at radius 2 is 1.96 bits per heavy atom. The van der Waals surface area contributed by atoms with Gasteiger partial charge in [0.15, 0.2) is 11.5 Å². The monoisotopic (exact) mass is 378 g/mol. The molecule has 0 heterocycles. The van der Waals surface area contributed by atoms with Crippen LogP contribution in [-0.2, 0) is 0 Å². The van der Waals surface area contributed by atoms with E-state index in [-0.39, 0.29) is 11.7 Å². The van der Waals surface area contributed by atoms with Gasteiger partial charge in [-0.15, -0.1) is 0 Å². The average Bonchev–Trinajstić information content (AvgIpc) is 2.56. The Morgan fingerprint density at radius 3 is 2.61 bits per heavy atom. The van der Waals surface area contributed by atoms with Crippen molar-refractivity contribution < 1.29 is 19.4 Å². The number of halogens is 1. The fourth-order valence-electron chi connectivity index (χ4n) is 1.84. The number of benzene rings is 2. The first-order chi connectivity index (χ1) is 11.1. The maximum Gasteiger partial charge on any atom is 0.271 e. The number of carbonyl (C=O) groups is 1. The van der Waals surface area contributed by atoms with Gasteiger partial charge in [-0.25, -0.2) is 5.43 Å². The van der Waals surface area contributed by atoms with E-state index < -0.39 is 0 Å². The van der Waals surface area contributed by atoms with Gasteiger partial charge in [-0.05, 0) is 46.3 Å². The summed E-state index contributed by atoms with van der Waals surface area (Å²) < 4.78 is 10.8. The quantitative estimate of drug-likeness (QED) is 0.619. The number of para-hydroxylation sites is 1. The lowest BCUT2D eigenvalue weighted by Gasteiger charge is -2.06. The highest BCUT2D eigenvalue weighted by Gasteiger charge is 2.08. The molecule has 120 valence electrons. The Hall–Kier alpha value is -2.54. The van der Waals surface area contributed by atoms with Crippen LogP contribution in [0, 0.1) is 0 Å². The number of nitrogens with one attached hydrogen (secondary N) is 1. The summed E-state index contributed by atoms with van der Waals surface area (Å²) in [4.78, 5) is 12.0. The van der Waals surface area contributed by atoms with Crippen molar-refractivity contribution in [3.05, 3.63) is 52.0 Å². The maximum absolute atomic E-state index is 12.0. The van der Waals surface area contributed by atoms with Crippen LogP contribution in [-0.4, -0.2) is 31.4 Å². The number of rotatable bonds is 5. The average molecular weight is 379 g/mol. The van der Waals surface area contributed by atoms with E-state index in [1.165, 1.54) is 13.3 Å². The van der Waals surface area contributed by atoms with Crippen molar-refractivity contribution >= 4 is 28.1 Å². The van der Waals surface area contributed by atoms with Crippen molar-refractivity contribution in [1.82, 2.24) is 5.43 Å². The molecule has 6 nitrogen and oxygen atoms in total. The normalized spacial score (nSPS) is 10.6. The fraction of sp³-hybridized carbons (Fsp3) is 0.125. The smallest absolute Gasteiger partial charge is 0.271 e. The second-order valence-electron chi connectivity index (χ2n) is 4.45. The molecule has 0 aliphatic carbocycles. The minimum Gasteiger partial charge on any atom is -0.504 e. The lowest BCUT2D eigenvalue weighted by Crippen LogP contribution is -2.17. The molecule has 0 unspecified atom stereocenters. The molecule has 2 rings (SSSR count). The number of nitrogens with zero attached hydrogens (tertiary/aromatic N) is 1. The maximum atomic E-state index is 12.0. The Balaban J connectivity index is 2.08. The molecule has 2 N–H and O–H groups in total. The number of ether oxygens (including phenoxy) is 2. The van der Waals surface area contributed by atoms with Gasteiger partial charge in [0.2, 0.25) is 0 Å². The van der Waals surface area contributed by atoms with E-state index in [9.17, 15) is 9.90 Å². The van der Waals surface area contributed by atoms with Crippen LogP contribution < -0.4 is 14.9 Å². The summed E-state index contributed by atoms with van der Waals surface area (Å²) in [5.74, 6) is 0.540. The van der Waals surface area contributed by atoms with E-state index in [1.54, 1.807) is 43.5 Å². The molecule has 0 spiro atoms. The second-order valence-corrected chi connectivity index (χ2v) is 5.30. The molecule has 0 bridgehead atoms. The molecule has 0 fully saturated rings. The van der Waals surface area contributed by atoms with Gasteiger partial charge >= 0.3 is 0 Å². The topological polar surface area (TPSA) is 80.2 Å². The molecule has 0 atom stereocenters. The lowest BCUT2D eigenvalue weighted by molar-refractivity contribution is 0.0955. The highest BCUT2D eigenvalue weighted by molar-refractivity contribution is 9.10. The summed E-state index contributed by atoms with van der Waals surface area (Å²) in [6, 6.07) is 9.92. The summed E-state index contributed by atoms with van der Waals surface area (Å²) in [5.41, 5.74) is 3.25. The predicted octanol–water partition coefficient (Wildman–Crippen LogP) is 2.94. The Bertz CT molecular complexity index is 747. The molecule has 1 amide bonds. The summed E-state index contributed by atoms with van der Waals surface area (Å²) in [7, 11) is 3.00. The van der Waals surface area contributed by atoms with Gasteiger partial charge in [0.1, 0.15) is 5.75 Å². The van der Waals surface area contributed by atoms with Crippen LogP contribution in [0.5, 0.6) is 17.2 Å². The number of hydrazone groups is 1. The summed E-state index contributed by atoms with van der Waals surface area (Å²) in [6.45, 7) is 0. The van der Waals surface area contributed by atoms with Gasteiger partial charge < -0.3 is 14.6 Å². The van der Waals surface area contributed by atoms with Gasteiger partial charge in [-0.3, -0.25) is 4.79 Å². The molecule has 0 aliphatic heterocycles. The molecule has 0 aromatic heterocycles. The molecule has 23 heavy (non-hydrogen) atoms. The van der Waals surface area contributed by atoms with Gasteiger partial charge in [0, 0.05) is 11.1 Å². The van der Waals surface area contributed by atoms with Crippen molar-refractivity contribution in [2.24, 2.45) is 5.10 Å². The molecular formula is C16H15BrN2O4. The zero-order valence-electron chi connectivity index (χ0n) is 12.5. The van der Waals surface area contributed by atoms with Crippen LogP contribution in [0.2, 0.25) is 0 Å². The number of phenolic OH excluding ortho intramolecular Hbond substituents is 1. The van der Waals surface area contributed by atoms with Gasteiger partial charge in [-0.1, -0.05) is 6.07 Å². The van der Waals surface area contributed by atoms with E-state index >= 15 is 0 Å². The van der Waals surface area contributed by atoms with Crippen LogP contribution in [0.1, 0.15) is 15.9 Å². The third-order valence-electron chi connectivity index (χ3n) is 3.03. The molecule has 0 radical (unpaired) electrons. The first-order valence-corrected chi connectivity index (χ1v) is 7.39. The lowest BCUT2D eigenvalue weighted by atomic mass is 10.2. The molecule has 2 aromatic rings. The van der Waals surface area contributed by atoms with Crippen LogP contribution in [0.3, 0.4) is 0 Å². The SMILES string of the molecule is COc1ccc(C(=O)NN=Cc2cccc(OC)c2O)cc1Br. The number of phenols is 1. The minimum absolute atomic E-state index is 0.0415. The van der Waals surface area contributed by atoms with Crippen molar-refractivity contribution in [2.45, 2.75) is 0 Å². The second kappa shape index (κ2) is 7.64. The Kier molecular flexibility index (Phi) is 5.59. The van der Waals surface area contributed by atoms with Crippen LogP contribution >= 0.6 is 15.9 Å². The molecule has 2 aromatic carbocycles. The fourth-order valence-corrected chi connectivity index (χ4v) is 2.38. The highest BCUT2D eigenvalue weighted by Crippen LogP contribution is 2.28. The van der Waals surface area contributed by atoms with E-state index in [0.29, 0.717) is 27.1 Å². The Morgan fingerprint density at radius 1 is 1.22 bits per heavy atom. The number of aromatic hydroxyl groups is 1. The molecule has 0 saturated heterocycles. The standard InChI is InChI=1S/C16H15BrN2O4/c1-22-13-7-6-10(8-12(13)17)16(21)19-18-9-11-4-3-5-14(23-2)15(11)20/h3-9,20H,1-2H3,(H,19,21). The van der Waals surface area contributed by atoms with Crippen LogP contribution in [0.25, 0.3) is 0 Å². The number of hydrogen-bond acceptors (Lipinski definition) is 5. The largest absolute Gasteiger partial charge is 0.504 e. The minimum atomic E-state index is -0.382. The van der Waals surface area contributed by atoms with Crippen molar-refractivity contribution in [1.29, 1.82) is 0 Å². The summed E-state index contributed by atoms with van der Waals surface area (Å²) in [6.07, 6.45) is 1.34. The molecular weight excluding hydrogens is 364 g/mol. The Labute approximate surface area is 141 Å². The van der Waals surface area contributed by atoms with E-state index in [2.05, 4.69) is 26.5 Å². The van der Waals surface area contributed by atoms with Gasteiger partial charge in [0.25, 0.3) is 5.91 Å². The third kappa shape index (κ3) is 4.01. The van der Waals surface area contributed by atoms with Crippen LogP contribution in [0.4, 0.5) is 0 Å². The van der Waals surface area contributed by atoms with E-state index in [4.69, 9.17) is 9.47 Å². The third-order valence-corrected chi connectivity index (χ3v) is 3.65. The van der Waals surface area contributed by atoms with E-state index in [0.717, 1.165) is 0 Å². The molecule has 0 aliphatic rings.